The maximum absolute atomic E-state index is 11.8. The van der Waals surface area contributed by atoms with Gasteiger partial charge in [-0.05, 0) is 37.2 Å². The molecule has 0 aliphatic carbocycles. The van der Waals surface area contributed by atoms with Crippen LogP contribution in [0.25, 0.3) is 0 Å². The summed E-state index contributed by atoms with van der Waals surface area (Å²) in [6, 6.07) is 0. The molecule has 0 radical (unpaired) electrons. The molecule has 0 saturated carbocycles. The molecule has 0 aromatic rings. The first kappa shape index (κ1) is 29.8. The van der Waals surface area contributed by atoms with Crippen LogP contribution in [0.3, 0.4) is 0 Å². The Balaban J connectivity index is 3.31. The lowest BCUT2D eigenvalue weighted by molar-refractivity contribution is 0.145. The first-order chi connectivity index (χ1) is 14.1. The number of rotatable bonds is 24. The van der Waals surface area contributed by atoms with E-state index >= 15 is 0 Å². The van der Waals surface area contributed by atoms with Crippen molar-refractivity contribution in [2.24, 2.45) is 0 Å². The van der Waals surface area contributed by atoms with E-state index in [4.69, 9.17) is 9.05 Å². The maximum Gasteiger partial charge on any atom is 0.472 e. The molecule has 0 aromatic carbocycles. The molecule has 0 saturated heterocycles. The number of phosphoric acid groups is 1. The Kier molecular flexibility index (Phi) is 24.1. The molecule has 0 heterocycles. The number of phosphoric ester groups is 1. The zero-order valence-corrected chi connectivity index (χ0v) is 21.3. The van der Waals surface area contributed by atoms with Gasteiger partial charge in [-0.25, -0.2) is 4.57 Å². The van der Waals surface area contributed by atoms with Crippen molar-refractivity contribution in [2.75, 3.05) is 24.7 Å². The van der Waals surface area contributed by atoms with Crippen LogP contribution in [0.15, 0.2) is 0 Å². The summed E-state index contributed by atoms with van der Waals surface area (Å²) < 4.78 is 22.0. The average molecular weight is 471 g/mol. The average Bonchev–Trinajstić information content (AvgIpc) is 2.70. The minimum atomic E-state index is -3.86. The lowest BCUT2D eigenvalue weighted by Gasteiger charge is -2.12. The topological polar surface area (TPSA) is 55.8 Å². The molecule has 176 valence electrons. The highest BCUT2D eigenvalue weighted by Gasteiger charge is 2.19. The van der Waals surface area contributed by atoms with Crippen molar-refractivity contribution in [1.29, 1.82) is 0 Å². The summed E-state index contributed by atoms with van der Waals surface area (Å²) in [6.07, 6.45) is 21.4. The minimum absolute atomic E-state index is 0.308. The van der Waals surface area contributed by atoms with Gasteiger partial charge < -0.3 is 4.89 Å². The molecule has 0 rings (SSSR count). The molecule has 0 fully saturated rings. The second-order valence-corrected chi connectivity index (χ2v) is 10.3. The van der Waals surface area contributed by atoms with Gasteiger partial charge in [0.05, 0.1) is 13.2 Å². The Morgan fingerprint density at radius 3 is 1.00 bits per heavy atom. The van der Waals surface area contributed by atoms with Gasteiger partial charge in [0.25, 0.3) is 0 Å². The first-order valence-electron chi connectivity index (χ1n) is 12.0. The molecule has 0 aromatic heterocycles. The monoisotopic (exact) mass is 470 g/mol. The Bertz CT molecular complexity index is 343. The lowest BCUT2D eigenvalue weighted by atomic mass is 10.1. The zero-order chi connectivity index (χ0) is 21.5. The summed E-state index contributed by atoms with van der Waals surface area (Å²) in [6.45, 7) is 0.617. The number of hydrogen-bond donors (Lipinski definition) is 3. The largest absolute Gasteiger partial charge is 0.472 e. The van der Waals surface area contributed by atoms with Crippen molar-refractivity contribution in [3.8, 4) is 0 Å². The summed E-state index contributed by atoms with van der Waals surface area (Å²) in [7, 11) is -3.86. The summed E-state index contributed by atoms with van der Waals surface area (Å²) in [5.41, 5.74) is 0. The SMILES string of the molecule is O=P(O)(OCCCCCCCCCCCS)OCCCCCCCCCCCS. The van der Waals surface area contributed by atoms with Crippen LogP contribution in [-0.4, -0.2) is 29.6 Å². The van der Waals surface area contributed by atoms with Crippen LogP contribution >= 0.6 is 33.1 Å². The van der Waals surface area contributed by atoms with E-state index in [-0.39, 0.29) is 0 Å². The number of hydrogen-bond acceptors (Lipinski definition) is 5. The van der Waals surface area contributed by atoms with Crippen molar-refractivity contribution in [3.05, 3.63) is 0 Å². The lowest BCUT2D eigenvalue weighted by Crippen LogP contribution is -1.99. The van der Waals surface area contributed by atoms with Crippen LogP contribution < -0.4 is 0 Å². The molecular formula is C22H47O4PS2. The van der Waals surface area contributed by atoms with Crippen LogP contribution in [0.2, 0.25) is 0 Å². The third-order valence-electron chi connectivity index (χ3n) is 5.11. The molecule has 0 atom stereocenters. The highest BCUT2D eigenvalue weighted by Crippen LogP contribution is 2.43. The summed E-state index contributed by atoms with van der Waals surface area (Å²) in [5, 5.41) is 0. The summed E-state index contributed by atoms with van der Waals surface area (Å²) in [4.78, 5) is 9.70. The molecule has 0 aliphatic heterocycles. The quantitative estimate of drug-likeness (QED) is 0.0760. The van der Waals surface area contributed by atoms with Crippen molar-refractivity contribution >= 4 is 33.1 Å². The van der Waals surface area contributed by atoms with Crippen molar-refractivity contribution in [3.63, 3.8) is 0 Å². The van der Waals surface area contributed by atoms with Crippen molar-refractivity contribution in [2.45, 2.75) is 116 Å². The highest BCUT2D eigenvalue weighted by atomic mass is 32.1. The molecule has 29 heavy (non-hydrogen) atoms. The van der Waals surface area contributed by atoms with Crippen LogP contribution in [0.5, 0.6) is 0 Å². The van der Waals surface area contributed by atoms with E-state index in [0.29, 0.717) is 13.2 Å². The summed E-state index contributed by atoms with van der Waals surface area (Å²) in [5.74, 6) is 1.99. The molecule has 4 nitrogen and oxygen atoms in total. The van der Waals surface area contributed by atoms with E-state index in [1.54, 1.807) is 0 Å². The van der Waals surface area contributed by atoms with Gasteiger partial charge in [-0.2, -0.15) is 25.3 Å². The van der Waals surface area contributed by atoms with E-state index in [1.807, 2.05) is 0 Å². The second-order valence-electron chi connectivity index (χ2n) is 7.95. The van der Waals surface area contributed by atoms with Gasteiger partial charge >= 0.3 is 7.82 Å². The fraction of sp³-hybridized carbons (Fsp3) is 1.00. The smallest absolute Gasteiger partial charge is 0.302 e. The fourth-order valence-corrected chi connectivity index (χ4v) is 4.54. The van der Waals surface area contributed by atoms with Gasteiger partial charge in [-0.15, -0.1) is 0 Å². The van der Waals surface area contributed by atoms with Gasteiger partial charge in [-0.1, -0.05) is 89.9 Å². The first-order valence-corrected chi connectivity index (χ1v) is 14.7. The number of thiol groups is 2. The molecule has 0 unspecified atom stereocenters. The predicted octanol–water partition coefficient (Wildman–Crippen LogP) is 8.00. The molecule has 0 spiro atoms. The number of unbranched alkanes of at least 4 members (excludes halogenated alkanes) is 16. The van der Waals surface area contributed by atoms with Gasteiger partial charge in [-0.3, -0.25) is 9.05 Å². The Morgan fingerprint density at radius 1 is 0.483 bits per heavy atom. The Morgan fingerprint density at radius 2 is 0.724 bits per heavy atom. The predicted molar refractivity (Wildman–Crippen MR) is 133 cm³/mol. The zero-order valence-electron chi connectivity index (χ0n) is 18.6. The van der Waals surface area contributed by atoms with Gasteiger partial charge in [0.1, 0.15) is 0 Å². The van der Waals surface area contributed by atoms with E-state index < -0.39 is 7.82 Å². The normalized spacial score (nSPS) is 12.0. The Labute approximate surface area is 191 Å². The Hall–Kier alpha value is 0.810. The molecule has 0 amide bonds. The van der Waals surface area contributed by atoms with Crippen LogP contribution in [-0.2, 0) is 13.6 Å². The van der Waals surface area contributed by atoms with E-state index in [9.17, 15) is 9.46 Å². The van der Waals surface area contributed by atoms with E-state index in [1.165, 1.54) is 89.9 Å². The van der Waals surface area contributed by atoms with Crippen LogP contribution in [0.4, 0.5) is 0 Å². The highest BCUT2D eigenvalue weighted by molar-refractivity contribution is 7.80. The third kappa shape index (κ3) is 24.9. The molecule has 0 bridgehead atoms. The molecular weight excluding hydrogens is 423 g/mol. The molecule has 7 heteroatoms. The third-order valence-corrected chi connectivity index (χ3v) is 6.76. The molecule has 1 N–H and O–H groups in total. The van der Waals surface area contributed by atoms with Crippen LogP contribution in [0, 0.1) is 0 Å². The van der Waals surface area contributed by atoms with Gasteiger partial charge in [0.15, 0.2) is 0 Å². The second kappa shape index (κ2) is 23.5. The minimum Gasteiger partial charge on any atom is -0.302 e. The van der Waals surface area contributed by atoms with E-state index in [0.717, 1.165) is 37.2 Å². The maximum atomic E-state index is 11.8. The van der Waals surface area contributed by atoms with Gasteiger partial charge in [0.2, 0.25) is 0 Å². The van der Waals surface area contributed by atoms with Crippen molar-refractivity contribution in [1.82, 2.24) is 0 Å². The fourth-order valence-electron chi connectivity index (χ4n) is 3.30. The van der Waals surface area contributed by atoms with Gasteiger partial charge in [0, 0.05) is 0 Å². The van der Waals surface area contributed by atoms with E-state index in [2.05, 4.69) is 25.3 Å². The standard InChI is InChI=1S/C22H47O4PS2/c23-27(24,25-19-15-11-7-3-1-5-9-13-17-21-28)26-20-16-12-8-4-2-6-10-14-18-22-29/h28-29H,1-22H2,(H,23,24). The van der Waals surface area contributed by atoms with Crippen LogP contribution in [0.1, 0.15) is 116 Å². The summed E-state index contributed by atoms with van der Waals surface area (Å²) >= 11 is 8.44. The molecule has 0 aliphatic rings. The van der Waals surface area contributed by atoms with Crippen molar-refractivity contribution < 1.29 is 18.5 Å².